The maximum atomic E-state index is 13.4. The molecule has 4 nitrogen and oxygen atoms in total. The van der Waals surface area contributed by atoms with Crippen molar-refractivity contribution in [2.75, 3.05) is 11.9 Å². The number of benzene rings is 2. The molecule has 0 aromatic heterocycles. The summed E-state index contributed by atoms with van der Waals surface area (Å²) in [5, 5.41) is 12.0. The Hall–Kier alpha value is -1.60. The Bertz CT molecular complexity index is 775. The number of carboxylic acids is 1. The highest BCUT2D eigenvalue weighted by atomic mass is 79.9. The van der Waals surface area contributed by atoms with Crippen LogP contribution in [0.5, 0.6) is 5.75 Å². The summed E-state index contributed by atoms with van der Waals surface area (Å²) in [7, 11) is 0. The Morgan fingerprint density at radius 3 is 2.42 bits per heavy atom. The van der Waals surface area contributed by atoms with E-state index in [2.05, 4.69) is 49.3 Å². The number of alkyl halides is 1. The van der Waals surface area contributed by atoms with Gasteiger partial charge in [0.25, 0.3) is 0 Å². The number of aryl methyl sites for hydroxylation is 1. The van der Waals surface area contributed by atoms with Crippen molar-refractivity contribution in [3.63, 3.8) is 0 Å². The summed E-state index contributed by atoms with van der Waals surface area (Å²) in [5.41, 5.74) is 3.77. The Morgan fingerprint density at radius 2 is 1.85 bits per heavy atom. The second kappa shape index (κ2) is 9.37. The van der Waals surface area contributed by atoms with Crippen LogP contribution in [0.4, 0.5) is 10.1 Å². The average molecular weight is 489 g/mol. The molecule has 0 fully saturated rings. The summed E-state index contributed by atoms with van der Waals surface area (Å²) in [6.07, 6.45) is -2.13. The van der Waals surface area contributed by atoms with Gasteiger partial charge in [0, 0.05) is 18.7 Å². The van der Waals surface area contributed by atoms with Gasteiger partial charge >= 0.3 is 5.97 Å². The molecular weight excluding hydrogens is 469 g/mol. The van der Waals surface area contributed by atoms with E-state index in [1.165, 1.54) is 0 Å². The number of carbonyl (C=O) groups is 1. The molecule has 0 radical (unpaired) electrons. The van der Waals surface area contributed by atoms with Gasteiger partial charge in [0.2, 0.25) is 6.17 Å². The van der Waals surface area contributed by atoms with Gasteiger partial charge in [-0.3, -0.25) is 0 Å². The van der Waals surface area contributed by atoms with Gasteiger partial charge in [-0.2, -0.15) is 0 Å². The number of aliphatic carboxylic acids is 1. The second-order valence-corrected chi connectivity index (χ2v) is 7.63. The van der Waals surface area contributed by atoms with Gasteiger partial charge in [-0.05, 0) is 86.7 Å². The lowest BCUT2D eigenvalue weighted by molar-refractivity contribution is -0.142. The zero-order chi connectivity index (χ0) is 19.3. The lowest BCUT2D eigenvalue weighted by atomic mass is 10.1. The van der Waals surface area contributed by atoms with Gasteiger partial charge in [-0.1, -0.05) is 6.07 Å². The number of hydrogen-bond donors (Lipinski definition) is 2. The van der Waals surface area contributed by atoms with Crippen molar-refractivity contribution in [2.45, 2.75) is 33.0 Å². The van der Waals surface area contributed by atoms with Gasteiger partial charge in [0.1, 0.15) is 12.4 Å². The van der Waals surface area contributed by atoms with Gasteiger partial charge in [-0.15, -0.1) is 0 Å². The minimum atomic E-state index is -1.93. The Labute approximate surface area is 169 Å². The fourth-order valence-corrected chi connectivity index (χ4v) is 4.08. The van der Waals surface area contributed by atoms with Crippen LogP contribution in [0.1, 0.15) is 23.6 Å². The zero-order valence-corrected chi connectivity index (χ0v) is 17.7. The molecule has 0 saturated carbocycles. The number of carboxylic acid groups (broad SMARTS) is 1. The van der Waals surface area contributed by atoms with Crippen LogP contribution in [0.25, 0.3) is 0 Å². The quantitative estimate of drug-likeness (QED) is 0.515. The van der Waals surface area contributed by atoms with Gasteiger partial charge in [0.15, 0.2) is 0 Å². The molecule has 0 heterocycles. The molecule has 0 aliphatic rings. The Morgan fingerprint density at radius 1 is 1.19 bits per heavy atom. The summed E-state index contributed by atoms with van der Waals surface area (Å²) in [5.74, 6) is -0.875. The SMILES string of the molecule is CCNc1cc(C)cc(COc2c(Br)cc(CC(F)C(=O)O)cc2Br)c1. The van der Waals surface area contributed by atoms with E-state index in [-0.39, 0.29) is 6.42 Å². The van der Waals surface area contributed by atoms with Crippen LogP contribution in [0.15, 0.2) is 39.3 Å². The molecule has 1 unspecified atom stereocenters. The van der Waals surface area contributed by atoms with Crippen LogP contribution >= 0.6 is 31.9 Å². The topological polar surface area (TPSA) is 58.6 Å². The summed E-state index contributed by atoms with van der Waals surface area (Å²) in [6, 6.07) is 9.51. The van der Waals surface area contributed by atoms with Crippen molar-refractivity contribution in [3.8, 4) is 5.75 Å². The number of hydrogen-bond acceptors (Lipinski definition) is 3. The van der Waals surface area contributed by atoms with Gasteiger partial charge < -0.3 is 15.2 Å². The second-order valence-electron chi connectivity index (χ2n) is 5.92. The first-order valence-corrected chi connectivity index (χ1v) is 9.70. The van der Waals surface area contributed by atoms with Crippen LogP contribution in [0.3, 0.4) is 0 Å². The maximum Gasteiger partial charge on any atom is 0.338 e. The number of nitrogens with one attached hydrogen (secondary N) is 1. The molecule has 0 bridgehead atoms. The largest absolute Gasteiger partial charge is 0.487 e. The molecule has 0 aliphatic carbocycles. The fourth-order valence-electron chi connectivity index (χ4n) is 2.57. The van der Waals surface area contributed by atoms with Crippen molar-refractivity contribution < 1.29 is 19.0 Å². The predicted molar refractivity (Wildman–Crippen MR) is 108 cm³/mol. The molecule has 0 spiro atoms. The molecule has 2 aromatic carbocycles. The van der Waals surface area contributed by atoms with Crippen molar-refractivity contribution >= 4 is 43.5 Å². The van der Waals surface area contributed by atoms with E-state index < -0.39 is 12.1 Å². The van der Waals surface area contributed by atoms with E-state index in [9.17, 15) is 9.18 Å². The summed E-state index contributed by atoms with van der Waals surface area (Å²) >= 11 is 6.83. The molecule has 0 amide bonds. The molecule has 7 heteroatoms. The standard InChI is InChI=1S/C19H20Br2FNO3/c1-3-23-14-5-11(2)4-13(6-14)10-26-18-15(20)7-12(8-16(18)21)9-17(22)19(24)25/h4-8,17,23H,3,9-10H2,1-2H3,(H,24,25). The highest BCUT2D eigenvalue weighted by Crippen LogP contribution is 2.36. The van der Waals surface area contributed by atoms with E-state index in [0.717, 1.165) is 23.4 Å². The minimum Gasteiger partial charge on any atom is -0.487 e. The molecule has 0 aliphatic heterocycles. The number of rotatable bonds is 8. The van der Waals surface area contributed by atoms with Crippen molar-refractivity contribution in [1.82, 2.24) is 0 Å². The predicted octanol–water partition coefficient (Wildman–Crippen LogP) is 5.50. The van der Waals surface area contributed by atoms with E-state index in [1.54, 1.807) is 12.1 Å². The van der Waals surface area contributed by atoms with E-state index in [0.29, 0.717) is 26.9 Å². The molecule has 2 rings (SSSR count). The van der Waals surface area contributed by atoms with E-state index in [4.69, 9.17) is 9.84 Å². The molecule has 2 N–H and O–H groups in total. The highest BCUT2D eigenvalue weighted by Gasteiger charge is 2.18. The van der Waals surface area contributed by atoms with Gasteiger partial charge in [0.05, 0.1) is 8.95 Å². The van der Waals surface area contributed by atoms with Crippen LogP contribution in [0, 0.1) is 6.92 Å². The van der Waals surface area contributed by atoms with Gasteiger partial charge in [-0.25, -0.2) is 9.18 Å². The molecular formula is C19H20Br2FNO3. The molecule has 1 atom stereocenters. The van der Waals surface area contributed by atoms with Crippen molar-refractivity contribution in [3.05, 3.63) is 56.0 Å². The average Bonchev–Trinajstić information content (AvgIpc) is 2.53. The number of anilines is 1. The number of ether oxygens (including phenoxy) is 1. The van der Waals surface area contributed by atoms with Crippen LogP contribution in [-0.4, -0.2) is 23.8 Å². The zero-order valence-electron chi connectivity index (χ0n) is 14.5. The van der Waals surface area contributed by atoms with E-state index >= 15 is 0 Å². The van der Waals surface area contributed by atoms with Crippen LogP contribution in [-0.2, 0) is 17.8 Å². The van der Waals surface area contributed by atoms with Crippen LogP contribution in [0.2, 0.25) is 0 Å². The fraction of sp³-hybridized carbons (Fsp3) is 0.316. The monoisotopic (exact) mass is 487 g/mol. The minimum absolute atomic E-state index is 0.198. The summed E-state index contributed by atoms with van der Waals surface area (Å²) in [4.78, 5) is 10.7. The normalized spacial score (nSPS) is 11.9. The van der Waals surface area contributed by atoms with Crippen LogP contribution < -0.4 is 10.1 Å². The van der Waals surface area contributed by atoms with Crippen molar-refractivity contribution in [1.29, 1.82) is 0 Å². The number of halogens is 3. The molecule has 2 aromatic rings. The lowest BCUT2D eigenvalue weighted by Crippen LogP contribution is -2.17. The Kier molecular flexibility index (Phi) is 7.46. The Balaban J connectivity index is 2.14. The first-order chi connectivity index (χ1) is 12.3. The molecule has 140 valence electrons. The molecule has 26 heavy (non-hydrogen) atoms. The third-order valence-corrected chi connectivity index (χ3v) is 4.82. The third-order valence-electron chi connectivity index (χ3n) is 3.64. The first-order valence-electron chi connectivity index (χ1n) is 8.12. The maximum absolute atomic E-state index is 13.4. The third kappa shape index (κ3) is 5.71. The molecule has 0 saturated heterocycles. The smallest absolute Gasteiger partial charge is 0.338 e. The van der Waals surface area contributed by atoms with E-state index in [1.807, 2.05) is 19.9 Å². The summed E-state index contributed by atoms with van der Waals surface area (Å²) in [6.45, 7) is 5.28. The summed E-state index contributed by atoms with van der Waals surface area (Å²) < 4.78 is 20.6. The van der Waals surface area contributed by atoms with Crippen molar-refractivity contribution in [2.24, 2.45) is 0 Å². The lowest BCUT2D eigenvalue weighted by Gasteiger charge is -2.14. The highest BCUT2D eigenvalue weighted by molar-refractivity contribution is 9.11. The first kappa shape index (κ1) is 20.7.